The average molecular weight is 382 g/mol. The molecule has 1 saturated carbocycles. The average Bonchev–Trinajstić information content (AvgIpc) is 3.05. The maximum Gasteiger partial charge on any atom is 0.141 e. The van der Waals surface area contributed by atoms with E-state index < -0.39 is 21.5 Å². The van der Waals surface area contributed by atoms with Crippen molar-refractivity contribution in [2.24, 2.45) is 0 Å². The first-order valence-electron chi connectivity index (χ1n) is 8.63. The molecule has 0 bridgehead atoms. The summed E-state index contributed by atoms with van der Waals surface area (Å²) in [6, 6.07) is 4.15. The van der Waals surface area contributed by atoms with Gasteiger partial charge in [0.25, 0.3) is 0 Å². The Morgan fingerprint density at radius 1 is 1.37 bits per heavy atom. The quantitative estimate of drug-likeness (QED) is 0.655. The van der Waals surface area contributed by atoms with Crippen LogP contribution in [-0.2, 0) is 16.6 Å². The van der Waals surface area contributed by atoms with Gasteiger partial charge >= 0.3 is 0 Å². The Bertz CT molecular complexity index is 1090. The van der Waals surface area contributed by atoms with Crippen molar-refractivity contribution >= 4 is 22.1 Å². The van der Waals surface area contributed by atoms with E-state index in [0.717, 1.165) is 22.3 Å². The first-order valence-corrected chi connectivity index (χ1v) is 9.71. The van der Waals surface area contributed by atoms with Gasteiger partial charge in [0.1, 0.15) is 17.5 Å². The molecule has 1 aliphatic heterocycles. The Balaban J connectivity index is 1.47. The van der Waals surface area contributed by atoms with Crippen LogP contribution in [0.1, 0.15) is 19.3 Å². The molecule has 1 saturated heterocycles. The van der Waals surface area contributed by atoms with Crippen LogP contribution in [0.4, 0.5) is 0 Å². The Morgan fingerprint density at radius 3 is 2.89 bits per heavy atom. The fourth-order valence-corrected chi connectivity index (χ4v) is 4.71. The van der Waals surface area contributed by atoms with E-state index in [1.807, 2.05) is 23.4 Å². The summed E-state index contributed by atoms with van der Waals surface area (Å²) in [5, 5.41) is 14.7. The van der Waals surface area contributed by atoms with Crippen molar-refractivity contribution < 1.29 is 8.76 Å². The Kier molecular flexibility index (Phi) is 3.49. The normalized spacial score (nSPS) is 21.5. The van der Waals surface area contributed by atoms with Gasteiger partial charge in [-0.15, -0.1) is 0 Å². The molecule has 9 nitrogen and oxygen atoms in total. The van der Waals surface area contributed by atoms with E-state index >= 15 is 0 Å². The third-order valence-corrected chi connectivity index (χ3v) is 6.93. The molecule has 3 aromatic heterocycles. The number of aromatic amines is 1. The molecular formula is C17H16N7O2S-. The van der Waals surface area contributed by atoms with Gasteiger partial charge in [0.2, 0.25) is 0 Å². The molecule has 27 heavy (non-hydrogen) atoms. The van der Waals surface area contributed by atoms with E-state index in [9.17, 15) is 14.0 Å². The maximum atomic E-state index is 11.6. The lowest BCUT2D eigenvalue weighted by atomic mass is 9.86. The second kappa shape index (κ2) is 5.69. The first kappa shape index (κ1) is 16.6. The fraction of sp³-hybridized carbons (Fsp3) is 0.412. The highest BCUT2D eigenvalue weighted by Crippen LogP contribution is 2.50. The number of hydrogen-bond acceptors (Lipinski definition) is 7. The van der Waals surface area contributed by atoms with Crippen LogP contribution in [0.15, 0.2) is 31.0 Å². The molecule has 1 unspecified atom stereocenters. The molecule has 1 N–H and O–H groups in total. The number of fused-ring (bicyclic) bond motifs is 1. The highest BCUT2D eigenvalue weighted by atomic mass is 32.2. The summed E-state index contributed by atoms with van der Waals surface area (Å²) >= 11 is -2.13. The summed E-state index contributed by atoms with van der Waals surface area (Å²) in [6.07, 6.45) is 8.52. The van der Waals surface area contributed by atoms with Crippen LogP contribution in [0, 0.1) is 11.3 Å². The zero-order chi connectivity index (χ0) is 18.6. The highest BCUT2D eigenvalue weighted by Gasteiger charge is 2.59. The largest absolute Gasteiger partial charge is 0.771 e. The van der Waals surface area contributed by atoms with Crippen molar-refractivity contribution in [1.82, 2.24) is 29.6 Å². The number of nitrogens with one attached hydrogen (secondary N) is 1. The maximum absolute atomic E-state index is 11.6. The number of H-pyrrole nitrogens is 1. The third-order valence-electron chi connectivity index (χ3n) is 5.64. The van der Waals surface area contributed by atoms with Gasteiger partial charge in [-0.1, -0.05) is 0 Å². The van der Waals surface area contributed by atoms with Crippen molar-refractivity contribution in [3.63, 3.8) is 0 Å². The van der Waals surface area contributed by atoms with E-state index in [4.69, 9.17) is 0 Å². The number of nitrogens with zero attached hydrogens (tertiary/aromatic N) is 6. The summed E-state index contributed by atoms with van der Waals surface area (Å²) in [5.74, 6) is 0. The van der Waals surface area contributed by atoms with Crippen molar-refractivity contribution in [3.05, 3.63) is 31.0 Å². The molecule has 3 aromatic rings. The second-order valence-corrected chi connectivity index (χ2v) is 8.46. The smallest absolute Gasteiger partial charge is 0.141 e. The molecule has 10 heteroatoms. The third kappa shape index (κ3) is 2.36. The monoisotopic (exact) mass is 382 g/mol. The lowest BCUT2D eigenvalue weighted by Gasteiger charge is -2.53. The van der Waals surface area contributed by atoms with Crippen molar-refractivity contribution in [1.29, 1.82) is 5.26 Å². The van der Waals surface area contributed by atoms with E-state index in [0.29, 0.717) is 25.9 Å². The standard InChI is InChI=1S/C17H17N7O2S/c18-5-4-16(9-23(10-16)17(2-3-17)27(25)26)24-8-12(7-22-24)14-13-1-6-19-15(13)21-11-20-14/h1,6-8,11H,2-4,9-10H2,(H,25,26)(H,19,20,21)/p-1. The van der Waals surface area contributed by atoms with Crippen LogP contribution >= 0.6 is 0 Å². The number of likely N-dealkylation sites (tertiary alicyclic amines) is 1. The first-order chi connectivity index (χ1) is 13.1. The van der Waals surface area contributed by atoms with Crippen molar-refractivity contribution in [2.45, 2.75) is 29.7 Å². The number of aromatic nitrogens is 5. The van der Waals surface area contributed by atoms with Crippen molar-refractivity contribution in [3.8, 4) is 17.3 Å². The number of nitriles is 1. The Hall–Kier alpha value is -2.61. The van der Waals surface area contributed by atoms with E-state index in [-0.39, 0.29) is 6.42 Å². The van der Waals surface area contributed by atoms with Crippen LogP contribution in [0.25, 0.3) is 22.3 Å². The van der Waals surface area contributed by atoms with Crippen LogP contribution in [-0.4, -0.2) is 56.4 Å². The van der Waals surface area contributed by atoms with Crippen molar-refractivity contribution in [2.75, 3.05) is 13.1 Å². The summed E-state index contributed by atoms with van der Waals surface area (Å²) in [5.41, 5.74) is 1.86. The fourth-order valence-electron chi connectivity index (χ4n) is 3.94. The Labute approximate surface area is 157 Å². The van der Waals surface area contributed by atoms with Crippen LogP contribution in [0.5, 0.6) is 0 Å². The summed E-state index contributed by atoms with van der Waals surface area (Å²) in [7, 11) is 0. The minimum atomic E-state index is -2.13. The van der Waals surface area contributed by atoms with Gasteiger partial charge in [-0.25, -0.2) is 9.97 Å². The SMILES string of the molecule is N#CCC1(n2cc(-c3ncnc4[nH]ccc34)cn2)CN(C2(S(=O)[O-])CC2)C1. The van der Waals surface area contributed by atoms with Crippen LogP contribution < -0.4 is 0 Å². The molecule has 138 valence electrons. The zero-order valence-electron chi connectivity index (χ0n) is 14.3. The van der Waals surface area contributed by atoms with Crippen LogP contribution in [0.3, 0.4) is 0 Å². The zero-order valence-corrected chi connectivity index (χ0v) is 15.1. The van der Waals surface area contributed by atoms with Gasteiger partial charge in [0, 0.05) is 36.4 Å². The predicted octanol–water partition coefficient (Wildman–Crippen LogP) is 1.12. The summed E-state index contributed by atoms with van der Waals surface area (Å²) < 4.78 is 24.9. The van der Waals surface area contributed by atoms with Gasteiger partial charge in [0.05, 0.1) is 29.3 Å². The Morgan fingerprint density at radius 2 is 2.19 bits per heavy atom. The number of rotatable bonds is 5. The van der Waals surface area contributed by atoms with Gasteiger partial charge in [-0.2, -0.15) is 10.4 Å². The highest BCUT2D eigenvalue weighted by molar-refractivity contribution is 7.80. The topological polar surface area (TPSA) is 127 Å². The van der Waals surface area contributed by atoms with E-state index in [1.165, 1.54) is 6.33 Å². The second-order valence-electron chi connectivity index (χ2n) is 7.23. The lowest BCUT2D eigenvalue weighted by Crippen LogP contribution is -2.67. The lowest BCUT2D eigenvalue weighted by molar-refractivity contribution is -0.0132. The molecule has 4 heterocycles. The van der Waals surface area contributed by atoms with E-state index in [1.54, 1.807) is 10.9 Å². The van der Waals surface area contributed by atoms with Crippen LogP contribution in [0.2, 0.25) is 0 Å². The molecule has 0 radical (unpaired) electrons. The molecule has 0 aromatic carbocycles. The molecule has 1 atom stereocenters. The van der Waals surface area contributed by atoms with Gasteiger partial charge in [0.15, 0.2) is 0 Å². The molecule has 2 aliphatic rings. The molecule has 2 fully saturated rings. The van der Waals surface area contributed by atoms with Gasteiger partial charge in [-0.05, 0) is 30.0 Å². The molecule has 5 rings (SSSR count). The van der Waals surface area contributed by atoms with Gasteiger partial charge < -0.3 is 9.54 Å². The van der Waals surface area contributed by atoms with E-state index in [2.05, 4.69) is 26.1 Å². The summed E-state index contributed by atoms with van der Waals surface area (Å²) in [6.45, 7) is 0.998. The molecule has 0 amide bonds. The summed E-state index contributed by atoms with van der Waals surface area (Å²) in [4.78, 5) is 12.9. The molecule has 0 spiro atoms. The van der Waals surface area contributed by atoms with Gasteiger partial charge in [-0.3, -0.25) is 13.8 Å². The minimum Gasteiger partial charge on any atom is -0.771 e. The molecular weight excluding hydrogens is 366 g/mol. The molecule has 1 aliphatic carbocycles. The predicted molar refractivity (Wildman–Crippen MR) is 95.8 cm³/mol. The minimum absolute atomic E-state index is 0.273. The number of hydrogen-bond donors (Lipinski definition) is 1.